The van der Waals surface area contributed by atoms with Crippen LogP contribution in [0.5, 0.6) is 0 Å². The largest absolute Gasteiger partial charge is 0.321 e. The van der Waals surface area contributed by atoms with Crippen LogP contribution < -0.4 is 5.73 Å². The van der Waals surface area contributed by atoms with E-state index in [0.717, 1.165) is 0 Å². The normalized spacial score (nSPS) is 12.8. The molecule has 0 saturated heterocycles. The van der Waals surface area contributed by atoms with Crippen LogP contribution in [0.4, 0.5) is 4.39 Å². The Kier molecular flexibility index (Phi) is 2.97. The quantitative estimate of drug-likeness (QED) is 0.910. The van der Waals surface area contributed by atoms with Gasteiger partial charge >= 0.3 is 0 Å². The van der Waals surface area contributed by atoms with E-state index in [4.69, 9.17) is 5.73 Å². The lowest BCUT2D eigenvalue weighted by molar-refractivity contribution is 0.593. The Morgan fingerprint density at radius 2 is 2.25 bits per heavy atom. The summed E-state index contributed by atoms with van der Waals surface area (Å²) in [7, 11) is 0. The molecule has 2 N–H and O–H groups in total. The Balaban J connectivity index is 2.63. The van der Waals surface area contributed by atoms with E-state index in [9.17, 15) is 4.39 Å². The van der Waals surface area contributed by atoms with Crippen LogP contribution in [-0.4, -0.2) is 20.2 Å². The molecule has 5 nitrogen and oxygen atoms in total. The van der Waals surface area contributed by atoms with Crippen molar-refractivity contribution in [2.75, 3.05) is 0 Å². The molecule has 16 heavy (non-hydrogen) atoms. The second kappa shape index (κ2) is 4.26. The summed E-state index contributed by atoms with van der Waals surface area (Å²) in [6.07, 6.45) is 0. The molecule has 84 valence electrons. The van der Waals surface area contributed by atoms with Crippen molar-refractivity contribution in [3.8, 4) is 5.69 Å². The van der Waals surface area contributed by atoms with Crippen LogP contribution >= 0.6 is 15.9 Å². The van der Waals surface area contributed by atoms with Gasteiger partial charge in [0.1, 0.15) is 11.5 Å². The monoisotopic (exact) mass is 285 g/mol. The van der Waals surface area contributed by atoms with Gasteiger partial charge in [0.25, 0.3) is 0 Å². The van der Waals surface area contributed by atoms with Crippen LogP contribution in [0.3, 0.4) is 0 Å². The van der Waals surface area contributed by atoms with Crippen LogP contribution in [0.1, 0.15) is 18.8 Å². The highest BCUT2D eigenvalue weighted by molar-refractivity contribution is 9.10. The average molecular weight is 286 g/mol. The van der Waals surface area contributed by atoms with Crippen molar-refractivity contribution in [1.82, 2.24) is 20.2 Å². The molecule has 1 heterocycles. The molecule has 0 aliphatic heterocycles. The average Bonchev–Trinajstić information content (AvgIpc) is 2.66. The first-order valence-corrected chi connectivity index (χ1v) is 5.39. The number of hydrogen-bond acceptors (Lipinski definition) is 4. The van der Waals surface area contributed by atoms with E-state index in [2.05, 4.69) is 31.5 Å². The second-order valence-electron chi connectivity index (χ2n) is 3.31. The minimum atomic E-state index is -0.413. The molecule has 7 heteroatoms. The summed E-state index contributed by atoms with van der Waals surface area (Å²) in [5.41, 5.74) is 5.96. The third-order valence-electron chi connectivity index (χ3n) is 2.05. The number of aromatic nitrogens is 4. The first-order chi connectivity index (χ1) is 7.61. The minimum Gasteiger partial charge on any atom is -0.321 e. The van der Waals surface area contributed by atoms with Gasteiger partial charge in [-0.3, -0.25) is 0 Å². The zero-order chi connectivity index (χ0) is 11.7. The Morgan fingerprint density at radius 1 is 1.50 bits per heavy atom. The van der Waals surface area contributed by atoms with Crippen LogP contribution in [0.2, 0.25) is 0 Å². The molecule has 2 aromatic rings. The molecule has 0 radical (unpaired) electrons. The first kappa shape index (κ1) is 11.2. The number of nitrogens with zero attached hydrogens (tertiary/aromatic N) is 4. The van der Waals surface area contributed by atoms with Gasteiger partial charge in [-0.15, -0.1) is 5.10 Å². The zero-order valence-corrected chi connectivity index (χ0v) is 10.0. The smallest absolute Gasteiger partial charge is 0.173 e. The molecule has 2 rings (SSSR count). The lowest BCUT2D eigenvalue weighted by Gasteiger charge is -2.09. The molecule has 0 aliphatic rings. The van der Waals surface area contributed by atoms with Gasteiger partial charge in [0.05, 0.1) is 6.04 Å². The Morgan fingerprint density at radius 3 is 2.88 bits per heavy atom. The third-order valence-corrected chi connectivity index (χ3v) is 2.69. The summed E-state index contributed by atoms with van der Waals surface area (Å²) in [4.78, 5) is 0. The second-order valence-corrected chi connectivity index (χ2v) is 4.16. The topological polar surface area (TPSA) is 69.6 Å². The van der Waals surface area contributed by atoms with Gasteiger partial charge < -0.3 is 5.73 Å². The van der Waals surface area contributed by atoms with Crippen molar-refractivity contribution < 1.29 is 4.39 Å². The van der Waals surface area contributed by atoms with Gasteiger partial charge in [0.2, 0.25) is 0 Å². The summed E-state index contributed by atoms with van der Waals surface area (Å²) >= 11 is 3.25. The van der Waals surface area contributed by atoms with E-state index >= 15 is 0 Å². The molecule has 0 fully saturated rings. The first-order valence-electron chi connectivity index (χ1n) is 4.59. The fourth-order valence-electron chi connectivity index (χ4n) is 1.33. The number of nitrogens with two attached hydrogens (primary N) is 1. The van der Waals surface area contributed by atoms with E-state index in [1.807, 2.05) is 0 Å². The predicted molar refractivity (Wildman–Crippen MR) is 59.4 cm³/mol. The van der Waals surface area contributed by atoms with E-state index < -0.39 is 5.82 Å². The van der Waals surface area contributed by atoms with E-state index in [-0.39, 0.29) is 11.7 Å². The number of halogens is 2. The Labute approximate surface area is 99.6 Å². The van der Waals surface area contributed by atoms with E-state index in [1.165, 1.54) is 10.7 Å². The highest BCUT2D eigenvalue weighted by Gasteiger charge is 2.17. The van der Waals surface area contributed by atoms with Gasteiger partial charge in [-0.25, -0.2) is 4.39 Å². The molecule has 0 spiro atoms. The minimum absolute atomic E-state index is 0.264. The summed E-state index contributed by atoms with van der Waals surface area (Å²) in [5, 5.41) is 11.0. The maximum Gasteiger partial charge on any atom is 0.173 e. The van der Waals surface area contributed by atoms with Crippen molar-refractivity contribution in [2.45, 2.75) is 13.0 Å². The van der Waals surface area contributed by atoms with Gasteiger partial charge in [-0.1, -0.05) is 6.07 Å². The number of benzene rings is 1. The molecule has 0 saturated carbocycles. The summed E-state index contributed by atoms with van der Waals surface area (Å²) in [6, 6.07) is 4.28. The fraction of sp³-hybridized carbons (Fsp3) is 0.222. The molecular formula is C9H9BrFN5. The molecule has 0 bridgehead atoms. The highest BCUT2D eigenvalue weighted by atomic mass is 79.9. The molecule has 1 aromatic heterocycles. The van der Waals surface area contributed by atoms with Crippen LogP contribution in [0, 0.1) is 5.82 Å². The Hall–Kier alpha value is -1.34. The molecular weight excluding hydrogens is 277 g/mol. The van der Waals surface area contributed by atoms with Gasteiger partial charge in [-0.2, -0.15) is 4.68 Å². The summed E-state index contributed by atoms with van der Waals surface area (Å²) in [6.45, 7) is 1.73. The lowest BCUT2D eigenvalue weighted by Crippen LogP contribution is -2.14. The van der Waals surface area contributed by atoms with Crippen LogP contribution in [0.25, 0.3) is 5.69 Å². The third kappa shape index (κ3) is 1.83. The number of tetrazole rings is 1. The zero-order valence-electron chi connectivity index (χ0n) is 8.43. The van der Waals surface area contributed by atoms with Crippen molar-refractivity contribution in [3.05, 3.63) is 34.3 Å². The summed E-state index contributed by atoms with van der Waals surface area (Å²) < 4.78 is 15.5. The molecule has 0 aliphatic carbocycles. The van der Waals surface area contributed by atoms with Crippen molar-refractivity contribution in [2.24, 2.45) is 5.73 Å². The van der Waals surface area contributed by atoms with Gasteiger partial charge in [-0.05, 0) is 45.4 Å². The van der Waals surface area contributed by atoms with E-state index in [0.29, 0.717) is 10.3 Å². The maximum atomic E-state index is 13.7. The van der Waals surface area contributed by atoms with Crippen LogP contribution in [0.15, 0.2) is 22.7 Å². The fourth-order valence-corrected chi connectivity index (χ4v) is 1.84. The van der Waals surface area contributed by atoms with Gasteiger partial charge in [0.15, 0.2) is 5.82 Å². The predicted octanol–water partition coefficient (Wildman–Crippen LogP) is 1.58. The number of para-hydroxylation sites is 1. The summed E-state index contributed by atoms with van der Waals surface area (Å²) in [5.74, 6) is -0.00521. The molecule has 1 atom stereocenters. The Bertz CT molecular complexity index is 490. The highest BCUT2D eigenvalue weighted by Crippen LogP contribution is 2.24. The van der Waals surface area contributed by atoms with Crippen molar-refractivity contribution in [1.29, 1.82) is 0 Å². The molecule has 1 unspecified atom stereocenters. The van der Waals surface area contributed by atoms with Crippen molar-refractivity contribution in [3.63, 3.8) is 0 Å². The molecule has 1 aromatic carbocycles. The van der Waals surface area contributed by atoms with E-state index in [1.54, 1.807) is 19.1 Å². The maximum absolute atomic E-state index is 13.7. The number of hydrogen-bond donors (Lipinski definition) is 1. The van der Waals surface area contributed by atoms with Gasteiger partial charge in [0, 0.05) is 4.47 Å². The number of rotatable bonds is 2. The van der Waals surface area contributed by atoms with Crippen molar-refractivity contribution >= 4 is 15.9 Å². The lowest BCUT2D eigenvalue weighted by atomic mass is 10.3. The SMILES string of the molecule is CC(N)c1nnnn1-c1c(F)cccc1Br. The standard InChI is InChI=1S/C9H9BrFN5/c1-5(12)9-13-14-15-16(9)8-6(10)3-2-4-7(8)11/h2-5H,12H2,1H3. The van der Waals surface area contributed by atoms with Crippen LogP contribution in [-0.2, 0) is 0 Å². The molecule has 0 amide bonds.